The lowest BCUT2D eigenvalue weighted by atomic mass is 10.1. The van der Waals surface area contributed by atoms with Gasteiger partial charge >= 0.3 is 0 Å². The number of rotatable bonds is 6. The van der Waals surface area contributed by atoms with Crippen LogP contribution in [0.5, 0.6) is 11.5 Å². The zero-order chi connectivity index (χ0) is 13.7. The van der Waals surface area contributed by atoms with Gasteiger partial charge in [-0.2, -0.15) is 0 Å². The van der Waals surface area contributed by atoms with Crippen LogP contribution >= 0.6 is 11.6 Å². The van der Waals surface area contributed by atoms with Crippen LogP contribution in [0.2, 0.25) is 5.02 Å². The predicted octanol–water partition coefficient (Wildman–Crippen LogP) is 2.39. The third kappa shape index (κ3) is 3.51. The number of aliphatic hydroxyl groups is 1. The quantitative estimate of drug-likeness (QED) is 0.836. The SMILES string of the molecule is COc1ccc(C(O)CNC(C)C)c(Cl)c1OC. The average Bonchev–Trinajstić information content (AvgIpc) is 2.35. The van der Waals surface area contributed by atoms with Gasteiger partial charge in [0.15, 0.2) is 11.5 Å². The van der Waals surface area contributed by atoms with Crippen molar-refractivity contribution in [1.29, 1.82) is 0 Å². The Kier molecular flexibility index (Phi) is 5.72. The Morgan fingerprint density at radius 1 is 1.28 bits per heavy atom. The highest BCUT2D eigenvalue weighted by Gasteiger charge is 2.18. The Balaban J connectivity index is 2.96. The molecule has 0 amide bonds. The van der Waals surface area contributed by atoms with Crippen molar-refractivity contribution in [1.82, 2.24) is 5.32 Å². The molecule has 0 saturated carbocycles. The van der Waals surface area contributed by atoms with Gasteiger partial charge in [0, 0.05) is 18.2 Å². The number of aliphatic hydroxyl groups excluding tert-OH is 1. The highest BCUT2D eigenvalue weighted by atomic mass is 35.5. The molecule has 18 heavy (non-hydrogen) atoms. The van der Waals surface area contributed by atoms with Gasteiger partial charge in [0.25, 0.3) is 0 Å². The van der Waals surface area contributed by atoms with E-state index in [4.69, 9.17) is 21.1 Å². The monoisotopic (exact) mass is 273 g/mol. The zero-order valence-corrected chi connectivity index (χ0v) is 11.9. The molecule has 0 saturated heterocycles. The minimum absolute atomic E-state index is 0.304. The Morgan fingerprint density at radius 2 is 1.94 bits per heavy atom. The molecule has 4 nitrogen and oxygen atoms in total. The van der Waals surface area contributed by atoms with Crippen LogP contribution < -0.4 is 14.8 Å². The summed E-state index contributed by atoms with van der Waals surface area (Å²) in [6, 6.07) is 3.79. The lowest BCUT2D eigenvalue weighted by molar-refractivity contribution is 0.171. The smallest absolute Gasteiger partial charge is 0.179 e. The highest BCUT2D eigenvalue weighted by molar-refractivity contribution is 6.33. The van der Waals surface area contributed by atoms with E-state index in [1.807, 2.05) is 13.8 Å². The first kappa shape index (κ1) is 15.1. The molecule has 1 aromatic carbocycles. The van der Waals surface area contributed by atoms with Crippen molar-refractivity contribution in [3.8, 4) is 11.5 Å². The standard InChI is InChI=1S/C13H20ClNO3/c1-8(2)15-7-10(16)9-5-6-11(17-3)13(18-4)12(9)14/h5-6,8,10,15-16H,7H2,1-4H3. The van der Waals surface area contributed by atoms with Gasteiger partial charge in [-0.1, -0.05) is 31.5 Å². The Bertz CT molecular complexity index is 396. The first-order chi connectivity index (χ1) is 8.51. The maximum Gasteiger partial charge on any atom is 0.179 e. The molecule has 0 aliphatic rings. The van der Waals surface area contributed by atoms with Gasteiger partial charge in [0.05, 0.1) is 25.3 Å². The van der Waals surface area contributed by atoms with Crippen molar-refractivity contribution in [2.75, 3.05) is 20.8 Å². The third-order valence-corrected chi connectivity index (χ3v) is 2.98. The Labute approximate surface area is 113 Å². The van der Waals surface area contributed by atoms with E-state index >= 15 is 0 Å². The fourth-order valence-corrected chi connectivity index (χ4v) is 1.98. The molecule has 1 unspecified atom stereocenters. The normalized spacial score (nSPS) is 12.6. The number of ether oxygens (including phenoxy) is 2. The number of benzene rings is 1. The second kappa shape index (κ2) is 6.83. The van der Waals surface area contributed by atoms with Crippen molar-refractivity contribution < 1.29 is 14.6 Å². The fraction of sp³-hybridized carbons (Fsp3) is 0.538. The second-order valence-corrected chi connectivity index (χ2v) is 4.66. The summed E-state index contributed by atoms with van der Waals surface area (Å²) in [5, 5.41) is 13.6. The summed E-state index contributed by atoms with van der Waals surface area (Å²) in [5.41, 5.74) is 0.627. The largest absolute Gasteiger partial charge is 0.493 e. The molecule has 0 aliphatic heterocycles. The van der Waals surface area contributed by atoms with Gasteiger partial charge in [-0.3, -0.25) is 0 Å². The zero-order valence-electron chi connectivity index (χ0n) is 11.2. The fourth-order valence-electron chi connectivity index (χ4n) is 1.62. The number of methoxy groups -OCH3 is 2. The highest BCUT2D eigenvalue weighted by Crippen LogP contribution is 2.39. The van der Waals surface area contributed by atoms with Gasteiger partial charge < -0.3 is 19.9 Å². The van der Waals surface area contributed by atoms with Crippen LogP contribution in [0.1, 0.15) is 25.5 Å². The number of hydrogen-bond donors (Lipinski definition) is 2. The minimum atomic E-state index is -0.681. The van der Waals surface area contributed by atoms with Crippen LogP contribution in [-0.2, 0) is 0 Å². The Morgan fingerprint density at radius 3 is 2.44 bits per heavy atom. The van der Waals surface area contributed by atoms with E-state index in [1.165, 1.54) is 7.11 Å². The lowest BCUT2D eigenvalue weighted by Crippen LogP contribution is -2.28. The van der Waals surface area contributed by atoms with Crippen molar-refractivity contribution in [2.24, 2.45) is 0 Å². The van der Waals surface area contributed by atoms with Crippen molar-refractivity contribution in [3.63, 3.8) is 0 Å². The summed E-state index contributed by atoms with van der Waals surface area (Å²) < 4.78 is 10.3. The van der Waals surface area contributed by atoms with Crippen molar-refractivity contribution >= 4 is 11.6 Å². The van der Waals surface area contributed by atoms with E-state index in [9.17, 15) is 5.11 Å². The number of halogens is 1. The summed E-state index contributed by atoms with van der Waals surface area (Å²) in [5.74, 6) is 0.996. The molecule has 0 aromatic heterocycles. The number of hydrogen-bond acceptors (Lipinski definition) is 4. The molecule has 0 spiro atoms. The number of nitrogens with one attached hydrogen (secondary N) is 1. The van der Waals surface area contributed by atoms with Crippen LogP contribution in [0.15, 0.2) is 12.1 Å². The maximum atomic E-state index is 10.1. The van der Waals surface area contributed by atoms with Gasteiger partial charge in [-0.15, -0.1) is 0 Å². The molecule has 2 N–H and O–H groups in total. The molecule has 1 aromatic rings. The van der Waals surface area contributed by atoms with Crippen molar-refractivity contribution in [2.45, 2.75) is 26.0 Å². The van der Waals surface area contributed by atoms with E-state index < -0.39 is 6.10 Å². The van der Waals surface area contributed by atoms with Crippen LogP contribution in [0.3, 0.4) is 0 Å². The summed E-state index contributed by atoms with van der Waals surface area (Å²) in [6.45, 7) is 4.47. The Hall–Kier alpha value is -0.970. The first-order valence-corrected chi connectivity index (χ1v) is 6.20. The van der Waals surface area contributed by atoms with Gasteiger partial charge in [0.2, 0.25) is 0 Å². The molecule has 0 heterocycles. The maximum absolute atomic E-state index is 10.1. The molecular weight excluding hydrogens is 254 g/mol. The van der Waals surface area contributed by atoms with E-state index in [0.29, 0.717) is 34.7 Å². The predicted molar refractivity (Wildman–Crippen MR) is 72.7 cm³/mol. The van der Waals surface area contributed by atoms with E-state index in [2.05, 4.69) is 5.32 Å². The molecule has 0 bridgehead atoms. The minimum Gasteiger partial charge on any atom is -0.493 e. The molecule has 5 heteroatoms. The second-order valence-electron chi connectivity index (χ2n) is 4.28. The molecule has 102 valence electrons. The first-order valence-electron chi connectivity index (χ1n) is 5.83. The lowest BCUT2D eigenvalue weighted by Gasteiger charge is -2.18. The van der Waals surface area contributed by atoms with Crippen LogP contribution in [0.25, 0.3) is 0 Å². The summed E-state index contributed by atoms with van der Waals surface area (Å²) in [4.78, 5) is 0. The molecule has 1 atom stereocenters. The summed E-state index contributed by atoms with van der Waals surface area (Å²) >= 11 is 6.21. The van der Waals surface area contributed by atoms with Gasteiger partial charge in [-0.25, -0.2) is 0 Å². The average molecular weight is 274 g/mol. The van der Waals surface area contributed by atoms with E-state index in [0.717, 1.165) is 0 Å². The van der Waals surface area contributed by atoms with Crippen LogP contribution in [-0.4, -0.2) is 31.9 Å². The molecular formula is C13H20ClNO3. The molecule has 0 radical (unpaired) electrons. The van der Waals surface area contributed by atoms with Crippen LogP contribution in [0, 0.1) is 0 Å². The third-order valence-electron chi connectivity index (χ3n) is 2.59. The summed E-state index contributed by atoms with van der Waals surface area (Å²) in [7, 11) is 3.07. The van der Waals surface area contributed by atoms with Gasteiger partial charge in [0.1, 0.15) is 0 Å². The van der Waals surface area contributed by atoms with Gasteiger partial charge in [-0.05, 0) is 6.07 Å². The topological polar surface area (TPSA) is 50.7 Å². The summed E-state index contributed by atoms with van der Waals surface area (Å²) in [6.07, 6.45) is -0.681. The molecule has 0 fully saturated rings. The van der Waals surface area contributed by atoms with Crippen molar-refractivity contribution in [3.05, 3.63) is 22.7 Å². The molecule has 1 rings (SSSR count). The van der Waals surface area contributed by atoms with Crippen LogP contribution in [0.4, 0.5) is 0 Å². The molecule has 0 aliphatic carbocycles. The van der Waals surface area contributed by atoms with E-state index in [1.54, 1.807) is 19.2 Å². The van der Waals surface area contributed by atoms with E-state index in [-0.39, 0.29) is 0 Å².